The van der Waals surface area contributed by atoms with E-state index in [2.05, 4.69) is 15.0 Å². The molecule has 110 valence electrons. The highest BCUT2D eigenvalue weighted by Gasteiger charge is 2.12. The number of benzene rings is 1. The monoisotopic (exact) mass is 297 g/mol. The number of carbonyl (C=O) groups excluding carboxylic acids is 1. The summed E-state index contributed by atoms with van der Waals surface area (Å²) in [7, 11) is 0. The zero-order valence-electron chi connectivity index (χ0n) is 10.5. The second kappa shape index (κ2) is 6.12. The van der Waals surface area contributed by atoms with E-state index < -0.39 is 18.3 Å². The van der Waals surface area contributed by atoms with Gasteiger partial charge in [0.1, 0.15) is 17.4 Å². The highest BCUT2D eigenvalue weighted by molar-refractivity contribution is 6.07. The number of nitrogens with two attached hydrogens (primary N) is 1. The Morgan fingerprint density at radius 1 is 1.29 bits per heavy atom. The number of alkyl halides is 2. The number of nitrogens with zero attached hydrogens (tertiary/aromatic N) is 1. The number of ether oxygens (including phenoxy) is 1. The van der Waals surface area contributed by atoms with E-state index in [1.165, 1.54) is 24.3 Å². The van der Waals surface area contributed by atoms with Gasteiger partial charge in [-0.2, -0.15) is 8.78 Å². The summed E-state index contributed by atoms with van der Waals surface area (Å²) in [4.78, 5) is 15.4. The van der Waals surface area contributed by atoms with Crippen LogP contribution in [0.25, 0.3) is 0 Å². The fourth-order valence-electron chi connectivity index (χ4n) is 1.55. The van der Waals surface area contributed by atoms with E-state index in [-0.39, 0.29) is 17.1 Å². The number of aromatic nitrogens is 1. The minimum atomic E-state index is -2.93. The van der Waals surface area contributed by atoms with Crippen LogP contribution in [0, 0.1) is 5.82 Å². The average Bonchev–Trinajstić information content (AvgIpc) is 2.43. The summed E-state index contributed by atoms with van der Waals surface area (Å²) < 4.78 is 41.2. The summed E-state index contributed by atoms with van der Waals surface area (Å²) in [6, 6.07) is 6.19. The van der Waals surface area contributed by atoms with Crippen molar-refractivity contribution in [3.8, 4) is 5.75 Å². The molecular weight excluding hydrogens is 287 g/mol. The molecule has 0 saturated heterocycles. The number of carbonyl (C=O) groups is 1. The van der Waals surface area contributed by atoms with E-state index in [1.807, 2.05) is 0 Å². The van der Waals surface area contributed by atoms with Crippen molar-refractivity contribution in [3.63, 3.8) is 0 Å². The molecule has 8 heteroatoms. The van der Waals surface area contributed by atoms with Crippen molar-refractivity contribution in [1.29, 1.82) is 0 Å². The average molecular weight is 297 g/mol. The van der Waals surface area contributed by atoms with Gasteiger partial charge in [0, 0.05) is 5.69 Å². The summed E-state index contributed by atoms with van der Waals surface area (Å²) in [5.74, 6) is -1.53. The minimum Gasteiger partial charge on any atom is -0.435 e. The molecule has 5 nitrogen and oxygen atoms in total. The highest BCUT2D eigenvalue weighted by atomic mass is 19.3. The van der Waals surface area contributed by atoms with Crippen LogP contribution in [0.5, 0.6) is 5.75 Å². The molecule has 1 heterocycles. The highest BCUT2D eigenvalue weighted by Crippen LogP contribution is 2.19. The van der Waals surface area contributed by atoms with Gasteiger partial charge in [-0.05, 0) is 30.3 Å². The maximum Gasteiger partial charge on any atom is 0.387 e. The smallest absolute Gasteiger partial charge is 0.387 e. The summed E-state index contributed by atoms with van der Waals surface area (Å²) >= 11 is 0. The maximum absolute atomic E-state index is 13.0. The molecule has 0 aliphatic carbocycles. The Kier molecular flexibility index (Phi) is 4.27. The van der Waals surface area contributed by atoms with E-state index in [9.17, 15) is 18.0 Å². The molecule has 1 aromatic heterocycles. The van der Waals surface area contributed by atoms with Gasteiger partial charge in [-0.1, -0.05) is 0 Å². The predicted molar refractivity (Wildman–Crippen MR) is 69.6 cm³/mol. The normalized spacial score (nSPS) is 10.5. The van der Waals surface area contributed by atoms with E-state index >= 15 is 0 Å². The largest absolute Gasteiger partial charge is 0.435 e. The predicted octanol–water partition coefficient (Wildman–Crippen LogP) is 2.66. The molecule has 1 aromatic carbocycles. The van der Waals surface area contributed by atoms with Gasteiger partial charge in [-0.15, -0.1) is 0 Å². The van der Waals surface area contributed by atoms with E-state index in [4.69, 9.17) is 5.73 Å². The lowest BCUT2D eigenvalue weighted by molar-refractivity contribution is -0.0498. The molecule has 1 amide bonds. The minimum absolute atomic E-state index is 0.0464. The molecule has 21 heavy (non-hydrogen) atoms. The lowest BCUT2D eigenvalue weighted by Gasteiger charge is -2.08. The van der Waals surface area contributed by atoms with Crippen molar-refractivity contribution < 1.29 is 22.7 Å². The molecule has 0 fully saturated rings. The molecule has 2 aromatic rings. The molecule has 0 radical (unpaired) electrons. The van der Waals surface area contributed by atoms with E-state index in [1.54, 1.807) is 0 Å². The Hall–Kier alpha value is -2.77. The maximum atomic E-state index is 13.0. The van der Waals surface area contributed by atoms with Crippen LogP contribution < -0.4 is 15.8 Å². The number of rotatable bonds is 4. The summed E-state index contributed by atoms with van der Waals surface area (Å²) in [5, 5.41) is 2.44. The second-order valence-corrected chi connectivity index (χ2v) is 3.94. The lowest BCUT2D eigenvalue weighted by Crippen LogP contribution is -2.15. The zero-order chi connectivity index (χ0) is 15.4. The van der Waals surface area contributed by atoms with Crippen molar-refractivity contribution >= 4 is 17.4 Å². The number of pyridine rings is 1. The Morgan fingerprint density at radius 2 is 1.95 bits per heavy atom. The fraction of sp³-hybridized carbons (Fsp3) is 0.0769. The van der Waals surface area contributed by atoms with Gasteiger partial charge in [0.05, 0.1) is 11.8 Å². The zero-order valence-corrected chi connectivity index (χ0v) is 10.5. The third kappa shape index (κ3) is 3.85. The SMILES string of the molecule is Nc1ncc(F)cc1C(=O)Nc1ccc(OC(F)F)cc1. The first-order chi connectivity index (χ1) is 9.95. The number of anilines is 2. The van der Waals surface area contributed by atoms with Crippen LogP contribution >= 0.6 is 0 Å². The molecule has 0 aliphatic rings. The quantitative estimate of drug-likeness (QED) is 0.909. The first kappa shape index (κ1) is 14.6. The van der Waals surface area contributed by atoms with Crippen molar-refractivity contribution in [3.05, 3.63) is 47.9 Å². The van der Waals surface area contributed by atoms with Crippen LogP contribution in [0.1, 0.15) is 10.4 Å². The third-order valence-electron chi connectivity index (χ3n) is 2.47. The first-order valence-corrected chi connectivity index (χ1v) is 5.73. The van der Waals surface area contributed by atoms with E-state index in [0.29, 0.717) is 5.69 Å². The van der Waals surface area contributed by atoms with Crippen LogP contribution in [0.2, 0.25) is 0 Å². The summed E-state index contributed by atoms with van der Waals surface area (Å²) in [6.45, 7) is -2.93. The van der Waals surface area contributed by atoms with Crippen LogP contribution in [0.15, 0.2) is 36.5 Å². The van der Waals surface area contributed by atoms with Crippen LogP contribution in [0.4, 0.5) is 24.7 Å². The number of nitrogens with one attached hydrogen (secondary N) is 1. The van der Waals surface area contributed by atoms with Gasteiger partial charge in [-0.25, -0.2) is 9.37 Å². The van der Waals surface area contributed by atoms with Crippen molar-refractivity contribution in [2.45, 2.75) is 6.61 Å². The molecule has 2 rings (SSSR count). The van der Waals surface area contributed by atoms with Gasteiger partial charge < -0.3 is 15.8 Å². The fourth-order valence-corrected chi connectivity index (χ4v) is 1.55. The van der Waals surface area contributed by atoms with Gasteiger partial charge in [0.2, 0.25) is 0 Å². The summed E-state index contributed by atoms with van der Waals surface area (Å²) in [6.07, 6.45) is 0.891. The third-order valence-corrected chi connectivity index (χ3v) is 2.47. The van der Waals surface area contributed by atoms with E-state index in [0.717, 1.165) is 12.3 Å². The number of amides is 1. The van der Waals surface area contributed by atoms with Gasteiger partial charge in [-0.3, -0.25) is 4.79 Å². The molecule has 0 atom stereocenters. The second-order valence-electron chi connectivity index (χ2n) is 3.94. The molecular formula is C13H10F3N3O2. The number of halogens is 3. The first-order valence-electron chi connectivity index (χ1n) is 5.73. The van der Waals surface area contributed by atoms with Crippen molar-refractivity contribution in [1.82, 2.24) is 4.98 Å². The standard InChI is InChI=1S/C13H10F3N3O2/c14-7-5-10(11(17)18-6-7)12(20)19-8-1-3-9(4-2-8)21-13(15)16/h1-6,13H,(H2,17,18)(H,19,20). The topological polar surface area (TPSA) is 77.2 Å². The number of hydrogen-bond acceptors (Lipinski definition) is 4. The Bertz CT molecular complexity index is 648. The van der Waals surface area contributed by atoms with Crippen LogP contribution in [0.3, 0.4) is 0 Å². The molecule has 0 saturated carbocycles. The molecule has 0 aliphatic heterocycles. The van der Waals surface area contributed by atoms with Gasteiger partial charge in [0.15, 0.2) is 0 Å². The van der Waals surface area contributed by atoms with Crippen LogP contribution in [-0.2, 0) is 0 Å². The molecule has 0 spiro atoms. The molecule has 0 unspecified atom stereocenters. The molecule has 0 bridgehead atoms. The Morgan fingerprint density at radius 3 is 2.57 bits per heavy atom. The Labute approximate surface area is 117 Å². The number of hydrogen-bond donors (Lipinski definition) is 2. The summed E-state index contributed by atoms with van der Waals surface area (Å²) in [5.41, 5.74) is 5.67. The van der Waals surface area contributed by atoms with Crippen molar-refractivity contribution in [2.24, 2.45) is 0 Å². The lowest BCUT2D eigenvalue weighted by atomic mass is 10.2. The van der Waals surface area contributed by atoms with Gasteiger partial charge in [0.25, 0.3) is 5.91 Å². The Balaban J connectivity index is 2.10. The van der Waals surface area contributed by atoms with Gasteiger partial charge >= 0.3 is 6.61 Å². The number of nitrogen functional groups attached to an aromatic ring is 1. The molecule has 3 N–H and O–H groups in total. The van der Waals surface area contributed by atoms with Crippen LogP contribution in [-0.4, -0.2) is 17.5 Å². The van der Waals surface area contributed by atoms with Crippen molar-refractivity contribution in [2.75, 3.05) is 11.1 Å².